The van der Waals surface area contributed by atoms with Crippen LogP contribution in [0.3, 0.4) is 0 Å². The molecule has 0 aliphatic carbocycles. The number of anilines is 1. The Morgan fingerprint density at radius 1 is 1.04 bits per heavy atom. The second-order valence-electron chi connectivity index (χ2n) is 5.97. The summed E-state index contributed by atoms with van der Waals surface area (Å²) in [5, 5.41) is 2.97. The topological polar surface area (TPSA) is 65.5 Å². The first-order valence-corrected chi connectivity index (χ1v) is 8.59. The van der Waals surface area contributed by atoms with E-state index >= 15 is 0 Å². The normalized spacial score (nSPS) is 12.0. The first kappa shape index (κ1) is 17.1. The molecule has 1 aromatic heterocycles. The smallest absolute Gasteiger partial charge is 0.318 e. The fourth-order valence-electron chi connectivity index (χ4n) is 2.69. The van der Waals surface area contributed by atoms with Gasteiger partial charge in [-0.05, 0) is 23.3 Å². The Balaban J connectivity index is 1.35. The molecule has 27 heavy (non-hydrogen) atoms. The molecule has 1 aliphatic rings. The Morgan fingerprint density at radius 2 is 1.89 bits per heavy atom. The Hall–Kier alpha value is -3.35. The number of aromatic nitrogens is 2. The number of ether oxygens (including phenoxy) is 3. The summed E-state index contributed by atoms with van der Waals surface area (Å²) in [6.07, 6.45) is 1.83. The van der Waals surface area contributed by atoms with Crippen molar-refractivity contribution >= 4 is 5.82 Å². The fraction of sp³-hybridized carbons (Fsp3) is 0.200. The van der Waals surface area contributed by atoms with Crippen molar-refractivity contribution in [3.8, 4) is 17.5 Å². The van der Waals surface area contributed by atoms with E-state index in [-0.39, 0.29) is 18.6 Å². The van der Waals surface area contributed by atoms with Crippen molar-refractivity contribution in [2.24, 2.45) is 0 Å². The third kappa shape index (κ3) is 4.25. The van der Waals surface area contributed by atoms with Gasteiger partial charge in [-0.3, -0.25) is 0 Å². The summed E-state index contributed by atoms with van der Waals surface area (Å²) in [4.78, 5) is 8.00. The molecule has 4 rings (SSSR count). The van der Waals surface area contributed by atoms with Crippen LogP contribution >= 0.6 is 0 Å². The third-order valence-electron chi connectivity index (χ3n) is 4.08. The second kappa shape index (κ2) is 7.90. The number of rotatable bonds is 7. The molecule has 7 heteroatoms. The lowest BCUT2D eigenvalue weighted by Gasteiger charge is -2.09. The number of halogens is 1. The average Bonchev–Trinajstić information content (AvgIpc) is 3.17. The highest BCUT2D eigenvalue weighted by Crippen LogP contribution is 2.32. The lowest BCUT2D eigenvalue weighted by molar-refractivity contribution is 0.174. The molecule has 0 saturated heterocycles. The largest absolute Gasteiger partial charge is 0.463 e. The Morgan fingerprint density at radius 3 is 2.78 bits per heavy atom. The van der Waals surface area contributed by atoms with Crippen LogP contribution in [-0.4, -0.2) is 23.4 Å². The summed E-state index contributed by atoms with van der Waals surface area (Å²) in [6.45, 7) is 1.02. The van der Waals surface area contributed by atoms with Crippen LogP contribution in [0.2, 0.25) is 0 Å². The highest BCUT2D eigenvalue weighted by atomic mass is 19.1. The van der Waals surface area contributed by atoms with Crippen LogP contribution in [0.4, 0.5) is 10.2 Å². The van der Waals surface area contributed by atoms with Gasteiger partial charge in [-0.2, -0.15) is 4.98 Å². The zero-order valence-electron chi connectivity index (χ0n) is 14.5. The summed E-state index contributed by atoms with van der Waals surface area (Å²) < 4.78 is 30.2. The van der Waals surface area contributed by atoms with Crippen molar-refractivity contribution in [1.82, 2.24) is 9.97 Å². The van der Waals surface area contributed by atoms with Gasteiger partial charge in [0.1, 0.15) is 0 Å². The number of nitrogens with zero attached hydrogens (tertiary/aromatic N) is 2. The van der Waals surface area contributed by atoms with Crippen LogP contribution in [0.1, 0.15) is 11.1 Å². The molecule has 0 bridgehead atoms. The summed E-state index contributed by atoms with van der Waals surface area (Å²) in [6, 6.07) is 15.7. The Bertz CT molecular complexity index is 922. The van der Waals surface area contributed by atoms with Gasteiger partial charge in [0.2, 0.25) is 6.79 Å². The van der Waals surface area contributed by atoms with Crippen LogP contribution in [0.25, 0.3) is 0 Å². The molecule has 1 aliphatic heterocycles. The Kier molecular flexibility index (Phi) is 5.00. The van der Waals surface area contributed by atoms with Gasteiger partial charge in [-0.25, -0.2) is 9.37 Å². The van der Waals surface area contributed by atoms with Crippen molar-refractivity contribution in [3.05, 3.63) is 71.7 Å². The molecule has 3 aromatic rings. The van der Waals surface area contributed by atoms with Crippen LogP contribution in [0.15, 0.2) is 54.7 Å². The lowest BCUT2D eigenvalue weighted by Crippen LogP contribution is -2.08. The maximum atomic E-state index is 14.0. The van der Waals surface area contributed by atoms with E-state index in [2.05, 4.69) is 15.3 Å². The average molecular weight is 367 g/mol. The summed E-state index contributed by atoms with van der Waals surface area (Å²) in [5.41, 5.74) is 2.07. The fourth-order valence-corrected chi connectivity index (χ4v) is 2.69. The molecular weight excluding hydrogens is 349 g/mol. The van der Waals surface area contributed by atoms with Gasteiger partial charge in [0.15, 0.2) is 23.1 Å². The van der Waals surface area contributed by atoms with E-state index in [0.29, 0.717) is 24.7 Å². The van der Waals surface area contributed by atoms with E-state index < -0.39 is 5.82 Å². The molecule has 6 nitrogen and oxygen atoms in total. The van der Waals surface area contributed by atoms with Crippen molar-refractivity contribution < 1.29 is 18.6 Å². The number of benzene rings is 2. The molecule has 0 amide bonds. The molecule has 0 atom stereocenters. The van der Waals surface area contributed by atoms with E-state index in [1.807, 2.05) is 48.5 Å². The number of nitrogens with one attached hydrogen (secondary N) is 1. The minimum Gasteiger partial charge on any atom is -0.463 e. The minimum atomic E-state index is -0.536. The van der Waals surface area contributed by atoms with Crippen molar-refractivity contribution in [2.75, 3.05) is 18.7 Å². The SMILES string of the molecule is Fc1cnc(OCCc2ccccc2)nc1NCc1ccc2c(c1)OCO2. The summed E-state index contributed by atoms with van der Waals surface area (Å²) in [5.74, 6) is 0.951. The second-order valence-corrected chi connectivity index (χ2v) is 5.97. The van der Waals surface area contributed by atoms with Crippen LogP contribution in [0.5, 0.6) is 17.5 Å². The highest BCUT2D eigenvalue weighted by Gasteiger charge is 2.14. The van der Waals surface area contributed by atoms with Crippen LogP contribution in [0, 0.1) is 5.82 Å². The molecule has 0 spiro atoms. The third-order valence-corrected chi connectivity index (χ3v) is 4.08. The van der Waals surface area contributed by atoms with Crippen molar-refractivity contribution in [1.29, 1.82) is 0 Å². The number of hydrogen-bond acceptors (Lipinski definition) is 6. The highest BCUT2D eigenvalue weighted by molar-refractivity contribution is 5.46. The van der Waals surface area contributed by atoms with Gasteiger partial charge >= 0.3 is 6.01 Å². The predicted octanol–water partition coefficient (Wildman–Crippen LogP) is 3.58. The van der Waals surface area contributed by atoms with E-state index in [1.54, 1.807) is 0 Å². The molecule has 0 fully saturated rings. The molecule has 1 N–H and O–H groups in total. The molecular formula is C20H18FN3O3. The van der Waals surface area contributed by atoms with Gasteiger partial charge in [0, 0.05) is 13.0 Å². The van der Waals surface area contributed by atoms with E-state index in [9.17, 15) is 4.39 Å². The Labute approximate surface area is 155 Å². The van der Waals surface area contributed by atoms with Gasteiger partial charge in [0.25, 0.3) is 0 Å². The van der Waals surface area contributed by atoms with E-state index in [4.69, 9.17) is 14.2 Å². The first-order valence-electron chi connectivity index (χ1n) is 8.59. The van der Waals surface area contributed by atoms with Crippen LogP contribution in [-0.2, 0) is 13.0 Å². The maximum absolute atomic E-state index is 14.0. The summed E-state index contributed by atoms with van der Waals surface area (Å²) in [7, 11) is 0. The molecule has 138 valence electrons. The first-order chi connectivity index (χ1) is 13.3. The van der Waals surface area contributed by atoms with Gasteiger partial charge in [-0.1, -0.05) is 36.4 Å². The van der Waals surface area contributed by atoms with Crippen molar-refractivity contribution in [3.63, 3.8) is 0 Å². The van der Waals surface area contributed by atoms with Gasteiger partial charge in [-0.15, -0.1) is 0 Å². The lowest BCUT2D eigenvalue weighted by atomic mass is 10.2. The van der Waals surface area contributed by atoms with Gasteiger partial charge < -0.3 is 19.5 Å². The maximum Gasteiger partial charge on any atom is 0.318 e. The van der Waals surface area contributed by atoms with E-state index in [0.717, 1.165) is 23.7 Å². The monoisotopic (exact) mass is 367 g/mol. The molecule has 0 radical (unpaired) electrons. The number of fused-ring (bicyclic) bond motifs is 1. The molecule has 2 aromatic carbocycles. The zero-order chi connectivity index (χ0) is 18.5. The molecule has 0 saturated carbocycles. The quantitative estimate of drug-likeness (QED) is 0.689. The number of hydrogen-bond donors (Lipinski definition) is 1. The molecule has 0 unspecified atom stereocenters. The van der Waals surface area contributed by atoms with Crippen molar-refractivity contribution in [2.45, 2.75) is 13.0 Å². The zero-order valence-corrected chi connectivity index (χ0v) is 14.5. The predicted molar refractivity (Wildman–Crippen MR) is 97.5 cm³/mol. The van der Waals surface area contributed by atoms with E-state index in [1.165, 1.54) is 0 Å². The van der Waals surface area contributed by atoms with Crippen LogP contribution < -0.4 is 19.5 Å². The summed E-state index contributed by atoms with van der Waals surface area (Å²) >= 11 is 0. The minimum absolute atomic E-state index is 0.0948. The van der Waals surface area contributed by atoms with Gasteiger partial charge in [0.05, 0.1) is 12.8 Å². The molecule has 2 heterocycles. The standard InChI is InChI=1S/C20H18FN3O3/c21-16-12-23-20(25-9-8-14-4-2-1-3-5-14)24-19(16)22-11-15-6-7-17-18(10-15)27-13-26-17/h1-7,10,12H,8-9,11,13H2,(H,22,23,24).